The van der Waals surface area contributed by atoms with Gasteiger partial charge < -0.3 is 14.4 Å². The standard InChI is InChI=1S/C11H13N3O3/c1-11(2,16-3)10-13-9(17-14-10)7-4-5-12-6-8(7)15/h4-6,15H,1-3H3. The second-order valence-corrected chi connectivity index (χ2v) is 4.03. The van der Waals surface area contributed by atoms with Crippen LogP contribution >= 0.6 is 0 Å². The lowest BCUT2D eigenvalue weighted by molar-refractivity contribution is 0.00973. The van der Waals surface area contributed by atoms with Crippen LogP contribution in [0.3, 0.4) is 0 Å². The van der Waals surface area contributed by atoms with Crippen LogP contribution in [-0.4, -0.2) is 27.3 Å². The average Bonchev–Trinajstić information content (AvgIpc) is 2.79. The fourth-order valence-corrected chi connectivity index (χ4v) is 1.24. The highest BCUT2D eigenvalue weighted by molar-refractivity contribution is 5.60. The zero-order valence-electron chi connectivity index (χ0n) is 9.84. The number of nitrogens with zero attached hydrogens (tertiary/aromatic N) is 3. The normalized spacial score (nSPS) is 11.7. The van der Waals surface area contributed by atoms with Crippen molar-refractivity contribution in [1.82, 2.24) is 15.1 Å². The molecule has 0 saturated heterocycles. The molecule has 0 fully saturated rings. The number of hydrogen-bond donors (Lipinski definition) is 1. The van der Waals surface area contributed by atoms with Gasteiger partial charge in [-0.15, -0.1) is 0 Å². The Labute approximate surface area is 98.3 Å². The highest BCUT2D eigenvalue weighted by atomic mass is 16.5. The van der Waals surface area contributed by atoms with Crippen LogP contribution in [0.5, 0.6) is 5.75 Å². The summed E-state index contributed by atoms with van der Waals surface area (Å²) in [5, 5.41) is 13.4. The molecule has 0 bridgehead atoms. The van der Waals surface area contributed by atoms with Gasteiger partial charge in [-0.05, 0) is 19.9 Å². The monoisotopic (exact) mass is 235 g/mol. The lowest BCUT2D eigenvalue weighted by atomic mass is 10.1. The highest BCUT2D eigenvalue weighted by Crippen LogP contribution is 2.28. The summed E-state index contributed by atoms with van der Waals surface area (Å²) < 4.78 is 10.3. The Bertz CT molecular complexity index is 522. The first-order valence-corrected chi connectivity index (χ1v) is 5.07. The Morgan fingerprint density at radius 3 is 2.82 bits per heavy atom. The molecule has 17 heavy (non-hydrogen) atoms. The summed E-state index contributed by atoms with van der Waals surface area (Å²) in [6.07, 6.45) is 2.86. The molecule has 90 valence electrons. The topological polar surface area (TPSA) is 81.3 Å². The van der Waals surface area contributed by atoms with E-state index in [0.717, 1.165) is 0 Å². The molecule has 0 aromatic carbocycles. The molecule has 0 atom stereocenters. The maximum atomic E-state index is 9.61. The molecule has 2 aromatic rings. The molecule has 6 heteroatoms. The molecule has 0 amide bonds. The number of ether oxygens (including phenoxy) is 1. The zero-order chi connectivity index (χ0) is 12.5. The summed E-state index contributed by atoms with van der Waals surface area (Å²) >= 11 is 0. The lowest BCUT2D eigenvalue weighted by Gasteiger charge is -2.17. The van der Waals surface area contributed by atoms with Crippen molar-refractivity contribution in [2.24, 2.45) is 0 Å². The number of rotatable bonds is 3. The van der Waals surface area contributed by atoms with Gasteiger partial charge in [0.25, 0.3) is 5.89 Å². The van der Waals surface area contributed by atoms with Crippen molar-refractivity contribution in [3.8, 4) is 17.2 Å². The predicted molar refractivity (Wildman–Crippen MR) is 59.2 cm³/mol. The van der Waals surface area contributed by atoms with Crippen molar-refractivity contribution in [3.63, 3.8) is 0 Å². The van der Waals surface area contributed by atoms with Crippen LogP contribution in [0.25, 0.3) is 11.5 Å². The number of hydrogen-bond acceptors (Lipinski definition) is 6. The van der Waals surface area contributed by atoms with Crippen molar-refractivity contribution in [1.29, 1.82) is 0 Å². The molecule has 2 heterocycles. The number of aromatic nitrogens is 3. The highest BCUT2D eigenvalue weighted by Gasteiger charge is 2.27. The van der Waals surface area contributed by atoms with Crippen molar-refractivity contribution in [2.75, 3.05) is 7.11 Å². The number of pyridine rings is 1. The van der Waals surface area contributed by atoms with Crippen LogP contribution < -0.4 is 0 Å². The molecule has 2 aromatic heterocycles. The van der Waals surface area contributed by atoms with Gasteiger partial charge in [0.1, 0.15) is 11.4 Å². The first-order valence-electron chi connectivity index (χ1n) is 5.07. The first-order chi connectivity index (χ1) is 8.04. The Kier molecular flexibility index (Phi) is 2.81. The van der Waals surface area contributed by atoms with Crippen molar-refractivity contribution in [2.45, 2.75) is 19.4 Å². The van der Waals surface area contributed by atoms with Gasteiger partial charge in [-0.25, -0.2) is 0 Å². The van der Waals surface area contributed by atoms with E-state index in [0.29, 0.717) is 11.4 Å². The smallest absolute Gasteiger partial charge is 0.261 e. The molecule has 1 N–H and O–H groups in total. The van der Waals surface area contributed by atoms with Gasteiger partial charge in [-0.1, -0.05) is 5.16 Å². The van der Waals surface area contributed by atoms with E-state index in [1.165, 1.54) is 6.20 Å². The van der Waals surface area contributed by atoms with Crippen molar-refractivity contribution in [3.05, 3.63) is 24.3 Å². The van der Waals surface area contributed by atoms with Crippen LogP contribution in [0, 0.1) is 0 Å². The third kappa shape index (κ3) is 2.12. The molecule has 0 aliphatic heterocycles. The summed E-state index contributed by atoms with van der Waals surface area (Å²) in [5.41, 5.74) is -0.185. The minimum atomic E-state index is -0.635. The van der Waals surface area contributed by atoms with Crippen molar-refractivity contribution < 1.29 is 14.4 Å². The number of methoxy groups -OCH3 is 1. The van der Waals surface area contributed by atoms with E-state index in [1.54, 1.807) is 19.4 Å². The average molecular weight is 235 g/mol. The summed E-state index contributed by atoms with van der Waals surface area (Å²) in [6.45, 7) is 3.65. The summed E-state index contributed by atoms with van der Waals surface area (Å²) in [5.74, 6) is 0.661. The third-order valence-corrected chi connectivity index (χ3v) is 2.51. The van der Waals surface area contributed by atoms with Gasteiger partial charge >= 0.3 is 0 Å². The van der Waals surface area contributed by atoms with E-state index >= 15 is 0 Å². The maximum Gasteiger partial charge on any atom is 0.261 e. The van der Waals surface area contributed by atoms with Crippen LogP contribution in [0.4, 0.5) is 0 Å². The SMILES string of the molecule is COC(C)(C)c1noc(-c2ccncc2O)n1. The molecule has 0 aliphatic carbocycles. The Balaban J connectivity index is 2.40. The summed E-state index contributed by atoms with van der Waals surface area (Å²) in [4.78, 5) is 7.97. The minimum Gasteiger partial charge on any atom is -0.505 e. The fourth-order valence-electron chi connectivity index (χ4n) is 1.24. The quantitative estimate of drug-likeness (QED) is 0.872. The van der Waals surface area contributed by atoms with E-state index in [-0.39, 0.29) is 11.6 Å². The third-order valence-electron chi connectivity index (χ3n) is 2.51. The van der Waals surface area contributed by atoms with Gasteiger partial charge in [0.15, 0.2) is 0 Å². The van der Waals surface area contributed by atoms with Gasteiger partial charge in [0.2, 0.25) is 5.82 Å². The van der Waals surface area contributed by atoms with E-state index in [1.807, 2.05) is 13.8 Å². The second-order valence-electron chi connectivity index (χ2n) is 4.03. The van der Waals surface area contributed by atoms with E-state index in [2.05, 4.69) is 15.1 Å². The maximum absolute atomic E-state index is 9.61. The molecule has 0 radical (unpaired) electrons. The molecule has 2 rings (SSSR count). The van der Waals surface area contributed by atoms with E-state index < -0.39 is 5.60 Å². The second kappa shape index (κ2) is 4.14. The van der Waals surface area contributed by atoms with E-state index in [4.69, 9.17) is 9.26 Å². The fraction of sp³-hybridized carbons (Fsp3) is 0.364. The molecule has 0 aliphatic rings. The van der Waals surface area contributed by atoms with Gasteiger partial charge in [0, 0.05) is 13.3 Å². The largest absolute Gasteiger partial charge is 0.505 e. The lowest BCUT2D eigenvalue weighted by Crippen LogP contribution is -2.21. The van der Waals surface area contributed by atoms with Crippen LogP contribution in [0.2, 0.25) is 0 Å². The summed E-state index contributed by atoms with van der Waals surface area (Å²) in [6, 6.07) is 1.60. The van der Waals surface area contributed by atoms with E-state index in [9.17, 15) is 5.11 Å². The molecular weight excluding hydrogens is 222 g/mol. The summed E-state index contributed by atoms with van der Waals surface area (Å²) in [7, 11) is 1.57. The minimum absolute atomic E-state index is 0.00192. The molecule has 0 unspecified atom stereocenters. The Morgan fingerprint density at radius 2 is 2.18 bits per heavy atom. The zero-order valence-corrected chi connectivity index (χ0v) is 9.84. The van der Waals surface area contributed by atoms with Gasteiger partial charge in [-0.2, -0.15) is 4.98 Å². The predicted octanol–water partition coefficient (Wildman–Crippen LogP) is 1.72. The first kappa shape index (κ1) is 11.5. The van der Waals surface area contributed by atoms with Crippen LogP contribution in [0.15, 0.2) is 23.0 Å². The number of aromatic hydroxyl groups is 1. The van der Waals surface area contributed by atoms with Crippen molar-refractivity contribution >= 4 is 0 Å². The molecule has 0 spiro atoms. The van der Waals surface area contributed by atoms with Crippen LogP contribution in [0.1, 0.15) is 19.7 Å². The Morgan fingerprint density at radius 1 is 1.41 bits per heavy atom. The molecule has 6 nitrogen and oxygen atoms in total. The van der Waals surface area contributed by atoms with Gasteiger partial charge in [0.05, 0.1) is 11.8 Å². The molecule has 0 saturated carbocycles. The Hall–Kier alpha value is -1.95. The van der Waals surface area contributed by atoms with Gasteiger partial charge in [-0.3, -0.25) is 4.98 Å². The van der Waals surface area contributed by atoms with Crippen LogP contribution in [-0.2, 0) is 10.3 Å². The molecular formula is C11H13N3O3.